The Hall–Kier alpha value is -3.33. The summed E-state index contributed by atoms with van der Waals surface area (Å²) in [6.45, 7) is 3.34. The van der Waals surface area contributed by atoms with Crippen LogP contribution < -0.4 is 10.2 Å². The van der Waals surface area contributed by atoms with Gasteiger partial charge < -0.3 is 15.1 Å². The standard InChI is InChI=1S/C24H25FN4O3S/c1-2-27-23(32)20(14-21(30)26-18-9-7-17(25)8-10-18)29(24(27)33)15-16-5-11-19(12-6-16)28-13-3-4-22(28)31/h5-12,20H,2-4,13-15H2,1H3,(H,26,30)/t20-/m0/s1. The first-order chi connectivity index (χ1) is 15.9. The molecular weight excluding hydrogens is 443 g/mol. The smallest absolute Gasteiger partial charge is 0.252 e. The first-order valence-electron chi connectivity index (χ1n) is 10.9. The minimum absolute atomic E-state index is 0.0762. The number of amides is 3. The molecule has 1 N–H and O–H groups in total. The predicted octanol–water partition coefficient (Wildman–Crippen LogP) is 3.30. The molecule has 3 amide bonds. The molecular formula is C24H25FN4O3S. The maximum atomic E-state index is 13.1. The zero-order chi connectivity index (χ0) is 23.5. The van der Waals surface area contributed by atoms with E-state index >= 15 is 0 Å². The fraction of sp³-hybridized carbons (Fsp3) is 0.333. The number of benzene rings is 2. The summed E-state index contributed by atoms with van der Waals surface area (Å²) in [6.07, 6.45) is 1.35. The van der Waals surface area contributed by atoms with Crippen molar-refractivity contribution in [3.8, 4) is 0 Å². The van der Waals surface area contributed by atoms with Crippen molar-refractivity contribution >= 4 is 46.4 Å². The molecule has 4 rings (SSSR count). The van der Waals surface area contributed by atoms with Crippen LogP contribution >= 0.6 is 12.2 Å². The highest BCUT2D eigenvalue weighted by Crippen LogP contribution is 2.26. The molecule has 0 radical (unpaired) electrons. The number of thiocarbonyl (C=S) groups is 1. The number of likely N-dealkylation sites (N-methyl/N-ethyl adjacent to an activating group) is 1. The van der Waals surface area contributed by atoms with E-state index in [1.165, 1.54) is 29.2 Å². The number of nitrogens with zero attached hydrogens (tertiary/aromatic N) is 3. The molecule has 2 aliphatic heterocycles. The van der Waals surface area contributed by atoms with Crippen molar-refractivity contribution in [2.24, 2.45) is 0 Å². The Bertz CT molecular complexity index is 1070. The molecule has 0 aliphatic carbocycles. The number of nitrogens with one attached hydrogen (secondary N) is 1. The van der Waals surface area contributed by atoms with Gasteiger partial charge in [0.15, 0.2) is 5.11 Å². The molecule has 33 heavy (non-hydrogen) atoms. The summed E-state index contributed by atoms with van der Waals surface area (Å²) in [6, 6.07) is 12.4. The molecule has 2 aliphatic rings. The average molecular weight is 469 g/mol. The largest absolute Gasteiger partial charge is 0.332 e. The van der Waals surface area contributed by atoms with Gasteiger partial charge in [-0.15, -0.1) is 0 Å². The third kappa shape index (κ3) is 4.88. The first-order valence-corrected chi connectivity index (χ1v) is 11.3. The van der Waals surface area contributed by atoms with E-state index in [9.17, 15) is 18.8 Å². The van der Waals surface area contributed by atoms with Gasteiger partial charge in [-0.05, 0) is 67.5 Å². The van der Waals surface area contributed by atoms with Crippen molar-refractivity contribution in [2.75, 3.05) is 23.3 Å². The van der Waals surface area contributed by atoms with Crippen LogP contribution in [0.4, 0.5) is 15.8 Å². The number of rotatable bonds is 7. The van der Waals surface area contributed by atoms with E-state index in [0.717, 1.165) is 24.2 Å². The van der Waals surface area contributed by atoms with Crippen LogP contribution in [0.25, 0.3) is 0 Å². The lowest BCUT2D eigenvalue weighted by molar-refractivity contribution is -0.130. The molecule has 9 heteroatoms. The van der Waals surface area contributed by atoms with Gasteiger partial charge in [0.25, 0.3) is 5.91 Å². The highest BCUT2D eigenvalue weighted by molar-refractivity contribution is 7.80. The third-order valence-electron chi connectivity index (χ3n) is 5.90. The molecule has 0 saturated carbocycles. The summed E-state index contributed by atoms with van der Waals surface area (Å²) in [5.41, 5.74) is 2.23. The molecule has 7 nitrogen and oxygen atoms in total. The van der Waals surface area contributed by atoms with E-state index < -0.39 is 11.9 Å². The van der Waals surface area contributed by atoms with Crippen LogP contribution in [0.3, 0.4) is 0 Å². The summed E-state index contributed by atoms with van der Waals surface area (Å²) < 4.78 is 13.1. The van der Waals surface area contributed by atoms with Gasteiger partial charge in [-0.25, -0.2) is 4.39 Å². The molecule has 1 atom stereocenters. The van der Waals surface area contributed by atoms with Crippen LogP contribution in [0.1, 0.15) is 31.7 Å². The van der Waals surface area contributed by atoms with Gasteiger partial charge in [0.1, 0.15) is 11.9 Å². The molecule has 2 fully saturated rings. The maximum Gasteiger partial charge on any atom is 0.252 e. The van der Waals surface area contributed by atoms with Gasteiger partial charge in [-0.2, -0.15) is 0 Å². The van der Waals surface area contributed by atoms with Crippen molar-refractivity contribution in [1.29, 1.82) is 0 Å². The van der Waals surface area contributed by atoms with E-state index in [-0.39, 0.29) is 24.1 Å². The number of hydrogen-bond acceptors (Lipinski definition) is 4. The molecule has 0 aromatic heterocycles. The Balaban J connectivity index is 1.47. The quantitative estimate of drug-likeness (QED) is 0.632. The first kappa shape index (κ1) is 22.8. The Labute approximate surface area is 197 Å². The number of anilines is 2. The van der Waals surface area contributed by atoms with Gasteiger partial charge in [0.2, 0.25) is 11.8 Å². The van der Waals surface area contributed by atoms with Crippen LogP contribution in [0.2, 0.25) is 0 Å². The Morgan fingerprint density at radius 1 is 1.12 bits per heavy atom. The molecule has 0 bridgehead atoms. The lowest BCUT2D eigenvalue weighted by atomic mass is 10.1. The summed E-state index contributed by atoms with van der Waals surface area (Å²) >= 11 is 5.54. The van der Waals surface area contributed by atoms with Crippen LogP contribution in [-0.4, -0.2) is 51.8 Å². The highest BCUT2D eigenvalue weighted by Gasteiger charge is 2.42. The van der Waals surface area contributed by atoms with E-state index in [1.54, 1.807) is 9.80 Å². The number of hydrogen-bond donors (Lipinski definition) is 1. The van der Waals surface area contributed by atoms with Crippen molar-refractivity contribution in [2.45, 2.75) is 38.8 Å². The minimum Gasteiger partial charge on any atom is -0.332 e. The highest BCUT2D eigenvalue weighted by atomic mass is 32.1. The van der Waals surface area contributed by atoms with Crippen molar-refractivity contribution in [1.82, 2.24) is 9.80 Å². The number of halogens is 1. The molecule has 2 aromatic carbocycles. The molecule has 2 aromatic rings. The second-order valence-corrected chi connectivity index (χ2v) is 8.45. The zero-order valence-corrected chi connectivity index (χ0v) is 19.1. The van der Waals surface area contributed by atoms with E-state index in [1.807, 2.05) is 31.2 Å². The second kappa shape index (κ2) is 9.66. The maximum absolute atomic E-state index is 13.1. The number of carbonyl (C=O) groups excluding carboxylic acids is 3. The van der Waals surface area contributed by atoms with Gasteiger partial charge in [0.05, 0.1) is 6.42 Å². The van der Waals surface area contributed by atoms with Crippen molar-refractivity contribution < 1.29 is 18.8 Å². The molecule has 2 saturated heterocycles. The van der Waals surface area contributed by atoms with Crippen LogP contribution in [0, 0.1) is 5.82 Å². The van der Waals surface area contributed by atoms with Crippen LogP contribution in [0.5, 0.6) is 0 Å². The summed E-state index contributed by atoms with van der Waals surface area (Å²) in [5, 5.41) is 3.10. The Morgan fingerprint density at radius 2 is 1.82 bits per heavy atom. The fourth-order valence-corrected chi connectivity index (χ4v) is 4.59. The summed E-state index contributed by atoms with van der Waals surface area (Å²) in [4.78, 5) is 42.6. The van der Waals surface area contributed by atoms with Gasteiger partial charge in [-0.1, -0.05) is 12.1 Å². The lowest BCUT2D eigenvalue weighted by Crippen LogP contribution is -2.37. The average Bonchev–Trinajstić information content (AvgIpc) is 3.32. The van der Waals surface area contributed by atoms with Gasteiger partial charge >= 0.3 is 0 Å². The van der Waals surface area contributed by atoms with E-state index in [2.05, 4.69) is 5.32 Å². The third-order valence-corrected chi connectivity index (χ3v) is 6.36. The molecule has 0 spiro atoms. The van der Waals surface area contributed by atoms with Crippen molar-refractivity contribution in [3.05, 3.63) is 59.9 Å². The van der Waals surface area contributed by atoms with Crippen molar-refractivity contribution in [3.63, 3.8) is 0 Å². The summed E-state index contributed by atoms with van der Waals surface area (Å²) in [5.74, 6) is -0.835. The number of carbonyl (C=O) groups is 3. The second-order valence-electron chi connectivity index (χ2n) is 8.08. The van der Waals surface area contributed by atoms with E-state index in [4.69, 9.17) is 12.2 Å². The van der Waals surface area contributed by atoms with E-state index in [0.29, 0.717) is 30.3 Å². The lowest BCUT2D eigenvalue weighted by Gasteiger charge is -2.24. The SMILES string of the molecule is CCN1C(=O)[C@H](CC(=O)Nc2ccc(F)cc2)N(Cc2ccc(N3CCCC3=O)cc2)C1=S. The normalized spacial score (nSPS) is 18.4. The van der Waals surface area contributed by atoms with Gasteiger partial charge in [0, 0.05) is 37.4 Å². The van der Waals surface area contributed by atoms with Gasteiger partial charge in [-0.3, -0.25) is 19.3 Å². The minimum atomic E-state index is -0.724. The topological polar surface area (TPSA) is 73.0 Å². The molecule has 0 unspecified atom stereocenters. The Kier molecular flexibility index (Phi) is 6.69. The fourth-order valence-electron chi connectivity index (χ4n) is 4.18. The summed E-state index contributed by atoms with van der Waals surface area (Å²) in [7, 11) is 0. The predicted molar refractivity (Wildman–Crippen MR) is 127 cm³/mol. The molecule has 172 valence electrons. The Morgan fingerprint density at radius 3 is 2.42 bits per heavy atom. The molecule has 2 heterocycles. The zero-order valence-electron chi connectivity index (χ0n) is 18.3. The van der Waals surface area contributed by atoms with Crippen LogP contribution in [-0.2, 0) is 20.9 Å². The van der Waals surface area contributed by atoms with Crippen LogP contribution in [0.15, 0.2) is 48.5 Å². The monoisotopic (exact) mass is 468 g/mol.